The molecule has 2 aliphatic rings. The smallest absolute Gasteiger partial charge is 0.226 e. The summed E-state index contributed by atoms with van der Waals surface area (Å²) in [5.41, 5.74) is 4.04. The highest BCUT2D eigenvalue weighted by Gasteiger charge is 2.28. The van der Waals surface area contributed by atoms with Crippen LogP contribution in [0.5, 0.6) is 5.75 Å². The minimum atomic E-state index is -0.552. The number of aromatic nitrogens is 2. The number of amides is 1. The van der Waals surface area contributed by atoms with Crippen molar-refractivity contribution in [3.05, 3.63) is 53.9 Å². The first kappa shape index (κ1) is 32.4. The second kappa shape index (κ2) is 16.4. The van der Waals surface area contributed by atoms with Crippen molar-refractivity contribution >= 4 is 23.1 Å². The Hall–Kier alpha value is -3.50. The minimum absolute atomic E-state index is 0.0627. The predicted octanol–water partition coefficient (Wildman–Crippen LogP) is 3.97. The van der Waals surface area contributed by atoms with E-state index >= 15 is 0 Å². The van der Waals surface area contributed by atoms with Gasteiger partial charge in [0.1, 0.15) is 12.9 Å². The fourth-order valence-corrected chi connectivity index (χ4v) is 5.71. The van der Waals surface area contributed by atoms with Gasteiger partial charge in [0, 0.05) is 43.9 Å². The van der Waals surface area contributed by atoms with Gasteiger partial charge in [-0.05, 0) is 80.2 Å². The molecule has 2 heterocycles. The van der Waals surface area contributed by atoms with Crippen LogP contribution < -0.4 is 9.64 Å². The summed E-state index contributed by atoms with van der Waals surface area (Å²) >= 11 is 0. The number of aliphatic hydroxyl groups is 2. The maximum Gasteiger partial charge on any atom is 0.226 e. The Morgan fingerprint density at radius 2 is 1.79 bits per heavy atom. The monoisotopic (exact) mass is 593 g/mol. The van der Waals surface area contributed by atoms with Gasteiger partial charge in [-0.25, -0.2) is 9.97 Å². The molecular formula is C33H47N5O5. The van der Waals surface area contributed by atoms with E-state index in [9.17, 15) is 15.0 Å². The van der Waals surface area contributed by atoms with Gasteiger partial charge in [0.25, 0.3) is 0 Å². The molecule has 43 heavy (non-hydrogen) atoms. The fourth-order valence-electron chi connectivity index (χ4n) is 5.71. The molecule has 10 nitrogen and oxygen atoms in total. The van der Waals surface area contributed by atoms with E-state index in [0.717, 1.165) is 68.0 Å². The lowest BCUT2D eigenvalue weighted by Gasteiger charge is -2.31. The largest absolute Gasteiger partial charge is 0.493 e. The minimum Gasteiger partial charge on any atom is -0.493 e. The zero-order valence-electron chi connectivity index (χ0n) is 25.8. The number of rotatable bonds is 14. The standard InChI is InChI=1S/C33H47N5O5/c1-4-24-18-34-33(35-19-24)38-16-14-25(15-17-38)23-43-30-12-10-27(11-13-30)26-6-8-28(9-7-26)32(41)37(5-2)20-31(36-42-3)29(21-39)22-40/h6,10-13,18-19,25,28-29,39-40H,4-5,7-9,14-17,20-23H2,1-3H3/b36-31+. The van der Waals surface area contributed by atoms with Gasteiger partial charge in [-0.1, -0.05) is 30.3 Å². The summed E-state index contributed by atoms with van der Waals surface area (Å²) in [4.78, 5) is 31.3. The molecule has 1 atom stereocenters. The van der Waals surface area contributed by atoms with E-state index in [0.29, 0.717) is 31.2 Å². The molecule has 1 fully saturated rings. The van der Waals surface area contributed by atoms with Crippen LogP contribution in [0.2, 0.25) is 0 Å². The Morgan fingerprint density at radius 1 is 1.09 bits per heavy atom. The van der Waals surface area contributed by atoms with E-state index in [4.69, 9.17) is 9.57 Å². The molecule has 0 bridgehead atoms. The van der Waals surface area contributed by atoms with Gasteiger partial charge in [0.15, 0.2) is 0 Å². The Kier molecular flexibility index (Phi) is 12.3. The van der Waals surface area contributed by atoms with E-state index in [1.165, 1.54) is 12.7 Å². The van der Waals surface area contributed by atoms with Crippen LogP contribution in [-0.2, 0) is 16.1 Å². The van der Waals surface area contributed by atoms with Crippen LogP contribution in [-0.4, -0.2) is 89.8 Å². The summed E-state index contributed by atoms with van der Waals surface area (Å²) in [6.07, 6.45) is 11.4. The maximum atomic E-state index is 13.3. The molecule has 1 aliphatic carbocycles. The zero-order chi connectivity index (χ0) is 30.6. The number of nitrogens with zero attached hydrogens (tertiary/aromatic N) is 5. The summed E-state index contributed by atoms with van der Waals surface area (Å²) in [5.74, 6) is 1.62. The first-order valence-corrected chi connectivity index (χ1v) is 15.6. The van der Waals surface area contributed by atoms with Crippen molar-refractivity contribution in [1.29, 1.82) is 0 Å². The topological polar surface area (TPSA) is 121 Å². The number of ether oxygens (including phenoxy) is 1. The second-order valence-electron chi connectivity index (χ2n) is 11.4. The van der Waals surface area contributed by atoms with E-state index < -0.39 is 5.92 Å². The van der Waals surface area contributed by atoms with E-state index in [1.807, 2.05) is 31.5 Å². The van der Waals surface area contributed by atoms with Crippen LogP contribution in [0.25, 0.3) is 5.57 Å². The molecule has 10 heteroatoms. The van der Waals surface area contributed by atoms with Gasteiger partial charge in [0.05, 0.1) is 32.1 Å². The van der Waals surface area contributed by atoms with E-state index in [-0.39, 0.29) is 31.6 Å². The fraction of sp³-hybridized carbons (Fsp3) is 0.576. The Morgan fingerprint density at radius 3 is 2.35 bits per heavy atom. The Bertz CT molecular complexity index is 1210. The predicted molar refractivity (Wildman–Crippen MR) is 168 cm³/mol. The molecule has 0 saturated carbocycles. The van der Waals surface area contributed by atoms with Gasteiger partial charge >= 0.3 is 0 Å². The first-order chi connectivity index (χ1) is 21.0. The molecule has 234 valence electrons. The third kappa shape index (κ3) is 8.76. The van der Waals surface area contributed by atoms with Crippen LogP contribution >= 0.6 is 0 Å². The molecule has 1 aromatic carbocycles. The van der Waals surface area contributed by atoms with E-state index in [2.05, 4.69) is 45.2 Å². The van der Waals surface area contributed by atoms with Gasteiger partial charge in [-0.2, -0.15) is 0 Å². The van der Waals surface area contributed by atoms with Crippen molar-refractivity contribution in [2.45, 2.75) is 52.4 Å². The number of anilines is 1. The third-order valence-corrected chi connectivity index (χ3v) is 8.64. The highest BCUT2D eigenvalue weighted by Crippen LogP contribution is 2.32. The van der Waals surface area contributed by atoms with Gasteiger partial charge in [-0.15, -0.1) is 0 Å². The molecule has 1 unspecified atom stereocenters. The summed E-state index contributed by atoms with van der Waals surface area (Å²) in [5, 5.41) is 23.1. The average molecular weight is 594 g/mol. The Labute approximate surface area is 255 Å². The van der Waals surface area contributed by atoms with Crippen molar-refractivity contribution < 1.29 is 24.6 Å². The number of hydrogen-bond donors (Lipinski definition) is 2. The lowest BCUT2D eigenvalue weighted by molar-refractivity contribution is -0.134. The molecule has 1 aromatic heterocycles. The van der Waals surface area contributed by atoms with Crippen LogP contribution in [0, 0.1) is 17.8 Å². The molecule has 0 radical (unpaired) electrons. The van der Waals surface area contributed by atoms with Gasteiger partial charge < -0.3 is 29.6 Å². The summed E-state index contributed by atoms with van der Waals surface area (Å²) in [6.45, 7) is 6.86. The van der Waals surface area contributed by atoms with E-state index in [1.54, 1.807) is 4.90 Å². The number of hydrogen-bond acceptors (Lipinski definition) is 9. The highest BCUT2D eigenvalue weighted by molar-refractivity contribution is 5.92. The van der Waals surface area contributed by atoms with Crippen molar-refractivity contribution in [1.82, 2.24) is 14.9 Å². The number of oxime groups is 1. The summed E-state index contributed by atoms with van der Waals surface area (Å²) < 4.78 is 6.16. The third-order valence-electron chi connectivity index (χ3n) is 8.64. The maximum absolute atomic E-state index is 13.3. The molecule has 4 rings (SSSR count). The number of carbonyl (C=O) groups is 1. The molecule has 0 spiro atoms. The van der Waals surface area contributed by atoms with Crippen LogP contribution in [0.15, 0.2) is 47.9 Å². The number of carbonyl (C=O) groups excluding carboxylic acids is 1. The number of aryl methyl sites for hydroxylation is 1. The Balaban J connectivity index is 1.24. The molecule has 1 saturated heterocycles. The number of benzene rings is 1. The SMILES string of the molecule is CCc1cnc(N2CCC(COc3ccc(C4=CCC(C(=O)N(CC)C/C(=N\OC)C(CO)CO)CC4)cc3)CC2)nc1. The zero-order valence-corrected chi connectivity index (χ0v) is 25.8. The molecular weight excluding hydrogens is 546 g/mol. The first-order valence-electron chi connectivity index (χ1n) is 15.6. The van der Waals surface area contributed by atoms with Crippen molar-refractivity contribution in [2.75, 3.05) is 58.0 Å². The summed E-state index contributed by atoms with van der Waals surface area (Å²) in [6, 6.07) is 8.30. The van der Waals surface area contributed by atoms with Crippen LogP contribution in [0.3, 0.4) is 0 Å². The molecule has 1 amide bonds. The van der Waals surface area contributed by atoms with Gasteiger partial charge in [0.2, 0.25) is 11.9 Å². The second-order valence-corrected chi connectivity index (χ2v) is 11.4. The quantitative estimate of drug-likeness (QED) is 0.249. The van der Waals surface area contributed by atoms with Crippen molar-refractivity contribution in [3.63, 3.8) is 0 Å². The highest BCUT2D eigenvalue weighted by atomic mass is 16.6. The number of aliphatic hydroxyl groups excluding tert-OH is 2. The normalized spacial score (nSPS) is 18.0. The molecule has 2 aromatic rings. The van der Waals surface area contributed by atoms with Crippen molar-refractivity contribution in [3.8, 4) is 5.75 Å². The molecule has 2 N–H and O–H groups in total. The summed E-state index contributed by atoms with van der Waals surface area (Å²) in [7, 11) is 1.42. The number of piperidine rings is 1. The molecule has 1 aliphatic heterocycles. The number of allylic oxidation sites excluding steroid dienone is 2. The lowest BCUT2D eigenvalue weighted by Crippen LogP contribution is -2.42. The van der Waals surface area contributed by atoms with Crippen molar-refractivity contribution in [2.24, 2.45) is 22.9 Å². The van der Waals surface area contributed by atoms with Crippen LogP contribution in [0.4, 0.5) is 5.95 Å². The lowest BCUT2D eigenvalue weighted by atomic mass is 9.85. The average Bonchev–Trinajstić information content (AvgIpc) is 3.07. The van der Waals surface area contributed by atoms with Gasteiger partial charge in [-0.3, -0.25) is 4.79 Å². The van der Waals surface area contributed by atoms with Crippen LogP contribution in [0.1, 0.15) is 57.1 Å².